The molecule has 2 unspecified atom stereocenters. The number of fused-ring (bicyclic) bond motifs is 1. The summed E-state index contributed by atoms with van der Waals surface area (Å²) in [7, 11) is 1.59. The van der Waals surface area contributed by atoms with Crippen molar-refractivity contribution < 1.29 is 22.7 Å². The summed E-state index contributed by atoms with van der Waals surface area (Å²) in [5.74, 6) is -0.900. The number of urea groups is 1. The van der Waals surface area contributed by atoms with Gasteiger partial charge in [0.2, 0.25) is 0 Å². The van der Waals surface area contributed by atoms with Crippen molar-refractivity contribution in [1.29, 1.82) is 0 Å². The van der Waals surface area contributed by atoms with Crippen molar-refractivity contribution in [2.45, 2.75) is 37.5 Å². The number of aromatic nitrogens is 3. The van der Waals surface area contributed by atoms with Crippen LogP contribution in [0, 0.1) is 0 Å². The van der Waals surface area contributed by atoms with Crippen LogP contribution in [0.1, 0.15) is 29.3 Å². The van der Waals surface area contributed by atoms with Crippen molar-refractivity contribution >= 4 is 17.4 Å². The number of halogens is 3. The Morgan fingerprint density at radius 1 is 1.32 bits per heavy atom. The fourth-order valence-corrected chi connectivity index (χ4v) is 4.43. The molecule has 0 radical (unpaired) electrons. The van der Waals surface area contributed by atoms with Crippen LogP contribution in [-0.2, 0) is 13.0 Å². The van der Waals surface area contributed by atoms with Crippen molar-refractivity contribution in [1.82, 2.24) is 25.8 Å². The lowest BCUT2D eigenvalue weighted by atomic mass is 9.83. The Hall–Kier alpha value is -3.08. The van der Waals surface area contributed by atoms with Crippen molar-refractivity contribution in [2.24, 2.45) is 0 Å². The molecule has 11 heteroatoms. The number of aromatic amines is 1. The first-order chi connectivity index (χ1) is 14.8. The average molecular weight is 451 g/mol. The highest BCUT2D eigenvalue weighted by atomic mass is 32.1. The third-order valence-electron chi connectivity index (χ3n) is 5.15. The summed E-state index contributed by atoms with van der Waals surface area (Å²) in [6, 6.07) is 6.28. The number of amides is 2. The maximum Gasteiger partial charge on any atom is 0.395 e. The number of carbonyl (C=O) groups is 1. The molecular weight excluding hydrogens is 431 g/mol. The van der Waals surface area contributed by atoms with E-state index in [1.54, 1.807) is 7.11 Å². The number of rotatable bonds is 5. The number of nitrogens with one attached hydrogen (secondary N) is 3. The van der Waals surface area contributed by atoms with Crippen LogP contribution >= 0.6 is 11.3 Å². The second-order valence-electron chi connectivity index (χ2n) is 7.23. The van der Waals surface area contributed by atoms with Crippen molar-refractivity contribution in [3.63, 3.8) is 0 Å². The minimum atomic E-state index is -4.39. The monoisotopic (exact) mass is 451 g/mol. The highest BCUT2D eigenvalue weighted by molar-refractivity contribution is 7.13. The summed E-state index contributed by atoms with van der Waals surface area (Å²) >= 11 is 1.44. The topological polar surface area (TPSA) is 91.9 Å². The molecule has 1 aromatic carbocycles. The molecule has 0 bridgehead atoms. The Kier molecular flexibility index (Phi) is 5.86. The molecule has 7 nitrogen and oxygen atoms in total. The van der Waals surface area contributed by atoms with E-state index in [0.29, 0.717) is 11.4 Å². The molecule has 0 saturated heterocycles. The first-order valence-corrected chi connectivity index (χ1v) is 10.4. The molecule has 0 aliphatic heterocycles. The first kappa shape index (κ1) is 21.2. The van der Waals surface area contributed by atoms with E-state index in [1.165, 1.54) is 17.5 Å². The standard InChI is InChI=1S/C20H20F3N5O2S/c1-30-14-4-2-11(3-5-14)18-26-13(10-31-18)8-24-19(29)27-12-6-16(20(21,22)23)15-9-25-28-17(15)7-12/h2-5,9-10,12,16H,6-8H2,1H3,(H,25,28)(H2,24,27,29). The zero-order chi connectivity index (χ0) is 22.0. The van der Waals surface area contributed by atoms with Gasteiger partial charge in [-0.25, -0.2) is 9.78 Å². The van der Waals surface area contributed by atoms with Crippen LogP contribution in [0.2, 0.25) is 0 Å². The average Bonchev–Trinajstić information content (AvgIpc) is 3.40. The van der Waals surface area contributed by atoms with E-state index in [1.807, 2.05) is 29.6 Å². The van der Waals surface area contributed by atoms with Crippen LogP contribution in [0.5, 0.6) is 5.75 Å². The number of H-pyrrole nitrogens is 1. The largest absolute Gasteiger partial charge is 0.497 e. The quantitative estimate of drug-likeness (QED) is 0.547. The molecule has 164 valence electrons. The van der Waals surface area contributed by atoms with E-state index in [9.17, 15) is 18.0 Å². The normalized spacial score (nSPS) is 18.3. The molecule has 31 heavy (non-hydrogen) atoms. The van der Waals surface area contributed by atoms with Crippen LogP contribution in [0.4, 0.5) is 18.0 Å². The molecule has 4 rings (SSSR count). The molecule has 1 aliphatic rings. The molecule has 2 atom stereocenters. The van der Waals surface area contributed by atoms with E-state index >= 15 is 0 Å². The smallest absolute Gasteiger partial charge is 0.395 e. The van der Waals surface area contributed by atoms with E-state index in [4.69, 9.17) is 4.74 Å². The van der Waals surface area contributed by atoms with Crippen molar-refractivity contribution in [2.75, 3.05) is 7.11 Å². The van der Waals surface area contributed by atoms with Crippen LogP contribution in [0.15, 0.2) is 35.8 Å². The van der Waals surface area contributed by atoms with Gasteiger partial charge in [0.1, 0.15) is 10.8 Å². The van der Waals surface area contributed by atoms with Gasteiger partial charge in [-0.2, -0.15) is 18.3 Å². The molecule has 0 spiro atoms. The Morgan fingerprint density at radius 3 is 2.81 bits per heavy atom. The van der Waals surface area contributed by atoms with Gasteiger partial charge in [-0.3, -0.25) is 5.10 Å². The molecule has 2 amide bonds. The Bertz CT molecular complexity index is 1050. The van der Waals surface area contributed by atoms with E-state index in [2.05, 4.69) is 25.8 Å². The highest BCUT2D eigenvalue weighted by Gasteiger charge is 2.46. The number of thiazole rings is 1. The Labute approximate surface area is 180 Å². The van der Waals surface area contributed by atoms with Crippen molar-refractivity contribution in [3.05, 3.63) is 52.8 Å². The molecular formula is C20H20F3N5O2S. The molecule has 0 fully saturated rings. The molecule has 1 aliphatic carbocycles. The second kappa shape index (κ2) is 8.58. The minimum Gasteiger partial charge on any atom is -0.497 e. The lowest BCUT2D eigenvalue weighted by molar-refractivity contribution is -0.154. The van der Waals surface area contributed by atoms with Crippen LogP contribution < -0.4 is 15.4 Å². The maximum atomic E-state index is 13.4. The number of methoxy groups -OCH3 is 1. The second-order valence-corrected chi connectivity index (χ2v) is 8.09. The fraction of sp³-hybridized carbons (Fsp3) is 0.350. The maximum absolute atomic E-state index is 13.4. The zero-order valence-corrected chi connectivity index (χ0v) is 17.3. The number of ether oxygens (including phenoxy) is 1. The number of alkyl halides is 3. The first-order valence-electron chi connectivity index (χ1n) is 9.55. The number of carbonyl (C=O) groups excluding carboxylic acids is 1. The molecule has 0 saturated carbocycles. The Balaban J connectivity index is 1.33. The van der Waals surface area contributed by atoms with Gasteiger partial charge < -0.3 is 15.4 Å². The lowest BCUT2D eigenvalue weighted by Crippen LogP contribution is -2.46. The van der Waals surface area contributed by atoms with Gasteiger partial charge in [-0.05, 0) is 30.7 Å². The SMILES string of the molecule is COc1ccc(-c2nc(CNC(=O)NC3Cc4[nH]ncc4C(C(F)(F)F)C3)cs2)cc1. The highest BCUT2D eigenvalue weighted by Crippen LogP contribution is 2.42. The van der Waals surface area contributed by atoms with Crippen LogP contribution in [0.3, 0.4) is 0 Å². The molecule has 3 N–H and O–H groups in total. The number of hydrogen-bond acceptors (Lipinski definition) is 5. The molecule has 3 aromatic rings. The van der Waals surface area contributed by atoms with E-state index in [0.717, 1.165) is 16.3 Å². The predicted molar refractivity (Wildman–Crippen MR) is 109 cm³/mol. The fourth-order valence-electron chi connectivity index (χ4n) is 3.61. The summed E-state index contributed by atoms with van der Waals surface area (Å²) in [6.07, 6.45) is -3.13. The number of hydrogen-bond donors (Lipinski definition) is 3. The molecule has 2 heterocycles. The van der Waals surface area contributed by atoms with Crippen molar-refractivity contribution in [3.8, 4) is 16.3 Å². The predicted octanol–water partition coefficient (Wildman–Crippen LogP) is 4.00. The zero-order valence-electron chi connectivity index (χ0n) is 16.5. The summed E-state index contributed by atoms with van der Waals surface area (Å²) in [6.45, 7) is 0.170. The summed E-state index contributed by atoms with van der Waals surface area (Å²) in [5.41, 5.74) is 2.15. The number of benzene rings is 1. The minimum absolute atomic E-state index is 0.152. The third kappa shape index (κ3) is 4.82. The summed E-state index contributed by atoms with van der Waals surface area (Å²) < 4.78 is 45.3. The summed E-state index contributed by atoms with van der Waals surface area (Å²) in [4.78, 5) is 16.8. The van der Waals surface area contributed by atoms with Gasteiger partial charge in [0.15, 0.2) is 0 Å². The van der Waals surface area contributed by atoms with Gasteiger partial charge >= 0.3 is 12.2 Å². The van der Waals surface area contributed by atoms with Crippen LogP contribution in [-0.4, -0.2) is 40.5 Å². The van der Waals surface area contributed by atoms with Gasteiger partial charge in [0.05, 0.1) is 31.5 Å². The van der Waals surface area contributed by atoms with E-state index < -0.39 is 24.2 Å². The molecule has 2 aromatic heterocycles. The van der Waals surface area contributed by atoms with Gasteiger partial charge in [0.25, 0.3) is 0 Å². The number of nitrogens with zero attached hydrogens (tertiary/aromatic N) is 2. The lowest BCUT2D eigenvalue weighted by Gasteiger charge is -2.30. The summed E-state index contributed by atoms with van der Waals surface area (Å²) in [5, 5.41) is 14.3. The van der Waals surface area contributed by atoms with E-state index in [-0.39, 0.29) is 24.9 Å². The van der Waals surface area contributed by atoms with Gasteiger partial charge in [-0.15, -0.1) is 11.3 Å². The van der Waals surface area contributed by atoms with Crippen LogP contribution in [0.25, 0.3) is 10.6 Å². The third-order valence-corrected chi connectivity index (χ3v) is 6.09. The van der Waals surface area contributed by atoms with Gasteiger partial charge in [0, 0.05) is 34.7 Å². The Morgan fingerprint density at radius 2 is 2.10 bits per heavy atom. The van der Waals surface area contributed by atoms with Gasteiger partial charge in [-0.1, -0.05) is 0 Å².